The van der Waals surface area contributed by atoms with Crippen LogP contribution in [0.3, 0.4) is 0 Å². The van der Waals surface area contributed by atoms with Gasteiger partial charge in [0.05, 0.1) is 12.3 Å². The smallest absolute Gasteiger partial charge is 0.132 e. The molecule has 0 bridgehead atoms. The van der Waals surface area contributed by atoms with Gasteiger partial charge in [0.25, 0.3) is 0 Å². The molecule has 0 saturated heterocycles. The standard InChI is InChI=1S/C9H11NO2/c1-7(6-10)5-8(11)9-3-2-4-12-9/h2-4,7-8,11H,5H2,1H3. The Morgan fingerprint density at radius 1 is 1.75 bits per heavy atom. The third kappa shape index (κ3) is 2.11. The molecule has 0 amide bonds. The number of aliphatic hydroxyl groups excluding tert-OH is 1. The lowest BCUT2D eigenvalue weighted by molar-refractivity contribution is 0.130. The molecule has 0 aliphatic carbocycles. The zero-order valence-electron chi connectivity index (χ0n) is 6.90. The number of hydrogen-bond acceptors (Lipinski definition) is 3. The third-order valence-electron chi connectivity index (χ3n) is 1.67. The van der Waals surface area contributed by atoms with Crippen LogP contribution in [-0.2, 0) is 0 Å². The van der Waals surface area contributed by atoms with Crippen LogP contribution in [0.4, 0.5) is 0 Å². The molecule has 0 radical (unpaired) electrons. The molecular formula is C9H11NO2. The van der Waals surface area contributed by atoms with E-state index in [0.29, 0.717) is 12.2 Å². The van der Waals surface area contributed by atoms with E-state index in [1.807, 2.05) is 0 Å². The summed E-state index contributed by atoms with van der Waals surface area (Å²) in [5.41, 5.74) is 0. The third-order valence-corrected chi connectivity index (χ3v) is 1.67. The molecule has 3 nitrogen and oxygen atoms in total. The van der Waals surface area contributed by atoms with Crippen molar-refractivity contribution in [1.82, 2.24) is 0 Å². The molecule has 1 aromatic rings. The summed E-state index contributed by atoms with van der Waals surface area (Å²) in [7, 11) is 0. The van der Waals surface area contributed by atoms with Gasteiger partial charge < -0.3 is 9.52 Å². The highest BCUT2D eigenvalue weighted by Crippen LogP contribution is 2.20. The van der Waals surface area contributed by atoms with Crippen LogP contribution < -0.4 is 0 Å². The number of aliphatic hydroxyl groups is 1. The highest BCUT2D eigenvalue weighted by Gasteiger charge is 2.13. The van der Waals surface area contributed by atoms with Gasteiger partial charge >= 0.3 is 0 Å². The van der Waals surface area contributed by atoms with Crippen LogP contribution in [0.2, 0.25) is 0 Å². The van der Waals surface area contributed by atoms with Gasteiger partial charge in [-0.2, -0.15) is 5.26 Å². The van der Waals surface area contributed by atoms with Crippen LogP contribution in [0.25, 0.3) is 0 Å². The minimum absolute atomic E-state index is 0.148. The fraction of sp³-hybridized carbons (Fsp3) is 0.444. The van der Waals surface area contributed by atoms with Gasteiger partial charge in [0, 0.05) is 5.92 Å². The lowest BCUT2D eigenvalue weighted by Crippen LogP contribution is -2.01. The Kier molecular flexibility index (Phi) is 2.89. The van der Waals surface area contributed by atoms with Gasteiger partial charge in [-0.3, -0.25) is 0 Å². The summed E-state index contributed by atoms with van der Waals surface area (Å²) in [5, 5.41) is 18.0. The summed E-state index contributed by atoms with van der Waals surface area (Å²) in [6.45, 7) is 1.77. The van der Waals surface area contributed by atoms with E-state index in [4.69, 9.17) is 9.68 Å². The molecule has 64 valence electrons. The molecule has 0 fully saturated rings. The topological polar surface area (TPSA) is 57.2 Å². The fourth-order valence-corrected chi connectivity index (χ4v) is 0.985. The van der Waals surface area contributed by atoms with Crippen LogP contribution >= 0.6 is 0 Å². The van der Waals surface area contributed by atoms with E-state index in [9.17, 15) is 5.11 Å². The zero-order valence-corrected chi connectivity index (χ0v) is 6.90. The first-order valence-electron chi connectivity index (χ1n) is 3.85. The zero-order chi connectivity index (χ0) is 8.97. The van der Waals surface area contributed by atoms with Crippen LogP contribution in [0.1, 0.15) is 25.2 Å². The molecule has 1 heterocycles. The van der Waals surface area contributed by atoms with Gasteiger partial charge in [-0.25, -0.2) is 0 Å². The van der Waals surface area contributed by atoms with E-state index >= 15 is 0 Å². The maximum absolute atomic E-state index is 9.47. The van der Waals surface area contributed by atoms with Gasteiger partial charge in [-0.15, -0.1) is 0 Å². The molecule has 1 rings (SSSR count). The molecule has 12 heavy (non-hydrogen) atoms. The van der Waals surface area contributed by atoms with Gasteiger partial charge in [-0.1, -0.05) is 0 Å². The summed E-state index contributed by atoms with van der Waals surface area (Å²) in [5.74, 6) is 0.377. The maximum Gasteiger partial charge on any atom is 0.132 e. The molecule has 0 aromatic carbocycles. The molecule has 1 aromatic heterocycles. The number of rotatable bonds is 3. The summed E-state index contributed by atoms with van der Waals surface area (Å²) in [6.07, 6.45) is 1.27. The highest BCUT2D eigenvalue weighted by atomic mass is 16.4. The lowest BCUT2D eigenvalue weighted by Gasteiger charge is -2.07. The largest absolute Gasteiger partial charge is 0.467 e. The van der Waals surface area contributed by atoms with Gasteiger partial charge in [0.1, 0.15) is 11.9 Å². The molecule has 0 spiro atoms. The van der Waals surface area contributed by atoms with E-state index in [0.717, 1.165) is 0 Å². The van der Waals surface area contributed by atoms with Crippen molar-refractivity contribution in [2.75, 3.05) is 0 Å². The SMILES string of the molecule is CC(C#N)CC(O)c1ccco1. The van der Waals surface area contributed by atoms with Gasteiger partial charge in [0.15, 0.2) is 0 Å². The first-order chi connectivity index (χ1) is 5.74. The van der Waals surface area contributed by atoms with E-state index in [2.05, 4.69) is 6.07 Å². The van der Waals surface area contributed by atoms with Crippen LogP contribution in [0.5, 0.6) is 0 Å². The molecule has 0 saturated carbocycles. The molecule has 1 N–H and O–H groups in total. The quantitative estimate of drug-likeness (QED) is 0.743. The van der Waals surface area contributed by atoms with Crippen molar-refractivity contribution in [3.63, 3.8) is 0 Å². The molecule has 2 atom stereocenters. The van der Waals surface area contributed by atoms with E-state index < -0.39 is 6.10 Å². The van der Waals surface area contributed by atoms with Gasteiger partial charge in [-0.05, 0) is 25.5 Å². The van der Waals surface area contributed by atoms with E-state index in [-0.39, 0.29) is 5.92 Å². The Morgan fingerprint density at radius 3 is 3.00 bits per heavy atom. The van der Waals surface area contributed by atoms with Crippen LogP contribution in [-0.4, -0.2) is 5.11 Å². The van der Waals surface area contributed by atoms with Crippen LogP contribution in [0.15, 0.2) is 22.8 Å². The first kappa shape index (κ1) is 8.82. The number of nitriles is 1. The summed E-state index contributed by atoms with van der Waals surface area (Å²) in [6, 6.07) is 5.48. The normalized spacial score (nSPS) is 15.1. The molecule has 2 unspecified atom stereocenters. The first-order valence-corrected chi connectivity index (χ1v) is 3.85. The van der Waals surface area contributed by atoms with Crippen molar-refractivity contribution in [1.29, 1.82) is 5.26 Å². The van der Waals surface area contributed by atoms with Gasteiger partial charge in [0.2, 0.25) is 0 Å². The Balaban J connectivity index is 2.51. The number of hydrogen-bond donors (Lipinski definition) is 1. The number of furan rings is 1. The predicted molar refractivity (Wildman–Crippen MR) is 43.1 cm³/mol. The van der Waals surface area contributed by atoms with Crippen molar-refractivity contribution >= 4 is 0 Å². The van der Waals surface area contributed by atoms with E-state index in [1.54, 1.807) is 19.1 Å². The Hall–Kier alpha value is -1.27. The Bertz CT molecular complexity index is 261. The highest BCUT2D eigenvalue weighted by molar-refractivity contribution is 5.02. The monoisotopic (exact) mass is 165 g/mol. The summed E-state index contributed by atoms with van der Waals surface area (Å²) in [4.78, 5) is 0. The average molecular weight is 165 g/mol. The van der Waals surface area contributed by atoms with Crippen molar-refractivity contribution < 1.29 is 9.52 Å². The fourth-order valence-electron chi connectivity index (χ4n) is 0.985. The molecular weight excluding hydrogens is 154 g/mol. The maximum atomic E-state index is 9.47. The predicted octanol–water partition coefficient (Wildman–Crippen LogP) is 1.86. The molecule has 0 aliphatic rings. The second kappa shape index (κ2) is 3.93. The van der Waals surface area contributed by atoms with E-state index in [1.165, 1.54) is 6.26 Å². The number of nitrogens with zero attached hydrogens (tertiary/aromatic N) is 1. The summed E-state index contributed by atoms with van der Waals surface area (Å²) < 4.78 is 4.98. The van der Waals surface area contributed by atoms with Crippen LogP contribution in [0, 0.1) is 17.2 Å². The van der Waals surface area contributed by atoms with Crippen molar-refractivity contribution in [3.05, 3.63) is 24.2 Å². The Morgan fingerprint density at radius 2 is 2.50 bits per heavy atom. The second-order valence-corrected chi connectivity index (χ2v) is 2.80. The Labute approximate surface area is 71.2 Å². The minimum atomic E-state index is -0.658. The van der Waals surface area contributed by atoms with Crippen molar-refractivity contribution in [3.8, 4) is 6.07 Å². The molecule has 3 heteroatoms. The van der Waals surface area contributed by atoms with Crippen molar-refractivity contribution in [2.24, 2.45) is 5.92 Å². The lowest BCUT2D eigenvalue weighted by atomic mass is 10.0. The molecule has 0 aliphatic heterocycles. The second-order valence-electron chi connectivity index (χ2n) is 2.80. The summed E-state index contributed by atoms with van der Waals surface area (Å²) >= 11 is 0. The van der Waals surface area contributed by atoms with Crippen molar-refractivity contribution in [2.45, 2.75) is 19.4 Å². The minimum Gasteiger partial charge on any atom is -0.467 e. The average Bonchev–Trinajstić information content (AvgIpc) is 2.56.